The summed E-state index contributed by atoms with van der Waals surface area (Å²) in [6, 6.07) is 15.1. The van der Waals surface area contributed by atoms with Crippen LogP contribution in [-0.2, 0) is 29.3 Å². The van der Waals surface area contributed by atoms with E-state index in [1.54, 1.807) is 0 Å². The highest BCUT2D eigenvalue weighted by Gasteiger charge is 2.39. The maximum absolute atomic E-state index is 13.8. The maximum atomic E-state index is 13.8. The third-order valence-corrected chi connectivity index (χ3v) is 8.09. The Morgan fingerprint density at radius 3 is 0.927 bits per heavy atom. The lowest BCUT2D eigenvalue weighted by atomic mass is 9.85. The fourth-order valence-corrected chi connectivity index (χ4v) is 5.84. The van der Waals surface area contributed by atoms with Gasteiger partial charge in [0, 0.05) is 22.3 Å². The molecule has 0 unspecified atom stereocenters. The normalized spacial score (nSPS) is 12.9. The first-order chi connectivity index (χ1) is 25.1. The second-order valence-corrected chi connectivity index (χ2v) is 12.9. The number of hydrogen-bond donors (Lipinski definition) is 5. The lowest BCUT2D eigenvalue weighted by Gasteiger charge is -2.21. The van der Waals surface area contributed by atoms with Gasteiger partial charge in [-0.05, 0) is 81.2 Å². The molecule has 6 aromatic rings. The highest BCUT2D eigenvalue weighted by Crippen LogP contribution is 2.53. The molecular formula is C36H21F12O6P. The van der Waals surface area contributed by atoms with Crippen LogP contribution in [0, 0.1) is 0 Å². The predicted octanol–water partition coefficient (Wildman–Crippen LogP) is 11.6. The van der Waals surface area contributed by atoms with Crippen LogP contribution >= 0.6 is 7.82 Å². The molecule has 6 rings (SSSR count). The molecule has 5 N–H and O–H groups in total. The molecule has 0 spiro atoms. The van der Waals surface area contributed by atoms with Crippen LogP contribution in [0.3, 0.4) is 0 Å². The van der Waals surface area contributed by atoms with Gasteiger partial charge < -0.3 is 24.9 Å². The van der Waals surface area contributed by atoms with Gasteiger partial charge in [-0.2, -0.15) is 52.7 Å². The number of fused-ring (bicyclic) bond motifs is 2. The van der Waals surface area contributed by atoms with Gasteiger partial charge in [0.25, 0.3) is 0 Å². The Kier molecular flexibility index (Phi) is 10.5. The summed E-state index contributed by atoms with van der Waals surface area (Å²) < 4.78 is 174. The Morgan fingerprint density at radius 2 is 0.673 bits per heavy atom. The lowest BCUT2D eigenvalue weighted by Crippen LogP contribution is -2.11. The summed E-state index contributed by atoms with van der Waals surface area (Å²) >= 11 is 0. The van der Waals surface area contributed by atoms with E-state index >= 15 is 0 Å². The Labute approximate surface area is 300 Å². The minimum Gasteiger partial charge on any atom is -0.507 e. The summed E-state index contributed by atoms with van der Waals surface area (Å²) in [7, 11) is -4.64. The van der Waals surface area contributed by atoms with E-state index in [1.807, 2.05) is 0 Å². The highest BCUT2D eigenvalue weighted by molar-refractivity contribution is 7.45. The van der Waals surface area contributed by atoms with Crippen molar-refractivity contribution in [1.29, 1.82) is 0 Å². The Balaban J connectivity index is 0.00000109. The van der Waals surface area contributed by atoms with Crippen molar-refractivity contribution in [2.75, 3.05) is 0 Å². The SMILES string of the molecule is O=P(O)(O)O.Oc1c(-c2cc(C(F)(F)F)cc(C(F)(F)F)c2)cc2ccccc2c1-c1c(O)c(-c2cc(C(F)(F)F)cc(C(F)(F)F)c2)cc2ccccc12. The highest BCUT2D eigenvalue weighted by atomic mass is 31.2. The standard InChI is InChI=1S/C36H18F12O2.H3O4P/c37-33(38,39)21-9-19(10-22(15-21)34(40,41)42)27-13-17-5-1-3-7-25(17)29(31(27)49)30-26-8-4-2-6-18(26)14-28(32(30)50)20-11-23(35(43,44)45)16-24(12-20)36(46,47)48;1-5(2,3)4/h1-16,49-50H;(H3,1,2,3,4). The predicted molar refractivity (Wildman–Crippen MR) is 175 cm³/mol. The van der Waals surface area contributed by atoms with Gasteiger partial charge in [-0.15, -0.1) is 0 Å². The van der Waals surface area contributed by atoms with E-state index in [0.717, 1.165) is 12.1 Å². The zero-order chi connectivity index (χ0) is 41.1. The first-order valence-electron chi connectivity index (χ1n) is 15.0. The molecule has 55 heavy (non-hydrogen) atoms. The van der Waals surface area contributed by atoms with Gasteiger partial charge >= 0.3 is 32.5 Å². The second kappa shape index (κ2) is 14.1. The quantitative estimate of drug-likeness (QED) is 0.0898. The summed E-state index contributed by atoms with van der Waals surface area (Å²) in [4.78, 5) is 21.6. The molecule has 6 nitrogen and oxygen atoms in total. The molecule has 0 saturated carbocycles. The van der Waals surface area contributed by atoms with Crippen molar-refractivity contribution in [2.45, 2.75) is 24.7 Å². The molecule has 19 heteroatoms. The van der Waals surface area contributed by atoms with Gasteiger partial charge in [-0.25, -0.2) is 4.57 Å². The van der Waals surface area contributed by atoms with Crippen LogP contribution in [0.5, 0.6) is 11.5 Å². The maximum Gasteiger partial charge on any atom is 0.466 e. The van der Waals surface area contributed by atoms with E-state index in [4.69, 9.17) is 19.2 Å². The molecule has 0 amide bonds. The molecule has 0 fully saturated rings. The number of phenolic OH excluding ortho intramolecular Hbond substituents is 2. The summed E-state index contributed by atoms with van der Waals surface area (Å²) in [5.41, 5.74) is -9.97. The molecule has 0 atom stereocenters. The summed E-state index contributed by atoms with van der Waals surface area (Å²) in [5.74, 6) is -1.84. The van der Waals surface area contributed by atoms with Crippen LogP contribution in [0.1, 0.15) is 22.3 Å². The van der Waals surface area contributed by atoms with Gasteiger partial charge in [-0.3, -0.25) is 0 Å². The number of phosphoric acid groups is 1. The number of aromatic hydroxyl groups is 2. The van der Waals surface area contributed by atoms with Crippen LogP contribution in [0.25, 0.3) is 54.9 Å². The molecule has 6 aromatic carbocycles. The fourth-order valence-electron chi connectivity index (χ4n) is 5.84. The molecule has 0 aliphatic rings. The van der Waals surface area contributed by atoms with Crippen molar-refractivity contribution in [3.63, 3.8) is 0 Å². The van der Waals surface area contributed by atoms with Crippen molar-refractivity contribution in [1.82, 2.24) is 0 Å². The monoisotopic (exact) mass is 808 g/mol. The minimum atomic E-state index is -5.24. The topological polar surface area (TPSA) is 118 Å². The van der Waals surface area contributed by atoms with E-state index in [1.165, 1.54) is 48.5 Å². The summed E-state index contributed by atoms with van der Waals surface area (Å²) in [6.45, 7) is 0. The van der Waals surface area contributed by atoms with E-state index < -0.39 is 88.5 Å². The third-order valence-electron chi connectivity index (χ3n) is 8.09. The third kappa shape index (κ3) is 8.99. The minimum absolute atomic E-state index is 0.0920. The molecule has 0 bridgehead atoms. The smallest absolute Gasteiger partial charge is 0.466 e. The molecule has 0 aliphatic heterocycles. The van der Waals surface area contributed by atoms with E-state index in [2.05, 4.69) is 0 Å². The number of phenols is 2. The van der Waals surface area contributed by atoms with Crippen LogP contribution in [0.15, 0.2) is 97.1 Å². The van der Waals surface area contributed by atoms with Crippen molar-refractivity contribution in [3.05, 3.63) is 119 Å². The van der Waals surface area contributed by atoms with Crippen molar-refractivity contribution < 1.29 is 82.1 Å². The summed E-state index contributed by atoms with van der Waals surface area (Å²) in [5, 5.41) is 24.0. The van der Waals surface area contributed by atoms with Crippen LogP contribution < -0.4 is 0 Å². The molecule has 290 valence electrons. The Morgan fingerprint density at radius 1 is 0.418 bits per heavy atom. The number of benzene rings is 6. The van der Waals surface area contributed by atoms with Gasteiger partial charge in [0.05, 0.1) is 22.3 Å². The molecule has 0 aliphatic carbocycles. The van der Waals surface area contributed by atoms with Crippen LogP contribution in [-0.4, -0.2) is 24.9 Å². The lowest BCUT2D eigenvalue weighted by molar-refractivity contribution is -0.144. The van der Waals surface area contributed by atoms with E-state index in [-0.39, 0.29) is 44.8 Å². The summed E-state index contributed by atoms with van der Waals surface area (Å²) in [6.07, 6.45) is -21.0. The first-order valence-corrected chi connectivity index (χ1v) is 16.6. The molecular weight excluding hydrogens is 787 g/mol. The van der Waals surface area contributed by atoms with Gasteiger partial charge in [0.1, 0.15) is 11.5 Å². The van der Waals surface area contributed by atoms with Crippen LogP contribution in [0.4, 0.5) is 52.7 Å². The van der Waals surface area contributed by atoms with Crippen molar-refractivity contribution in [2.24, 2.45) is 0 Å². The van der Waals surface area contributed by atoms with Crippen molar-refractivity contribution in [3.8, 4) is 44.9 Å². The number of hydrogen-bond acceptors (Lipinski definition) is 3. The molecule has 0 radical (unpaired) electrons. The van der Waals surface area contributed by atoms with Gasteiger partial charge in [0.15, 0.2) is 0 Å². The van der Waals surface area contributed by atoms with Gasteiger partial charge in [0.2, 0.25) is 0 Å². The second-order valence-electron chi connectivity index (χ2n) is 11.8. The molecule has 0 heterocycles. The van der Waals surface area contributed by atoms with Gasteiger partial charge in [-0.1, -0.05) is 48.5 Å². The molecule has 0 saturated heterocycles. The zero-order valence-corrected chi connectivity index (χ0v) is 27.8. The Hall–Kier alpha value is -5.29. The van der Waals surface area contributed by atoms with E-state index in [0.29, 0.717) is 24.3 Å². The fraction of sp³-hybridized carbons (Fsp3) is 0.111. The number of alkyl halides is 12. The molecule has 0 aromatic heterocycles. The average Bonchev–Trinajstić information content (AvgIpc) is 3.05. The zero-order valence-electron chi connectivity index (χ0n) is 26.9. The van der Waals surface area contributed by atoms with Crippen LogP contribution in [0.2, 0.25) is 0 Å². The average molecular weight is 809 g/mol. The number of rotatable bonds is 3. The van der Waals surface area contributed by atoms with Crippen molar-refractivity contribution >= 4 is 29.4 Å². The first kappa shape index (κ1) is 40.9. The number of halogens is 12. The largest absolute Gasteiger partial charge is 0.507 e. The Bertz CT molecular complexity index is 2250. The van der Waals surface area contributed by atoms with E-state index in [9.17, 15) is 62.9 Å².